The number of rotatable bonds is 1. The minimum Gasteiger partial charge on any atom is -0.378 e. The molecule has 1 aromatic rings. The summed E-state index contributed by atoms with van der Waals surface area (Å²) in [5, 5.41) is 3.51. The van der Waals surface area contributed by atoms with Gasteiger partial charge in [0.05, 0.1) is 19.3 Å². The number of aromatic nitrogens is 1. The molecule has 3 heteroatoms. The van der Waals surface area contributed by atoms with Gasteiger partial charge in [-0.25, -0.2) is 0 Å². The third-order valence-electron chi connectivity index (χ3n) is 2.40. The lowest BCUT2D eigenvalue weighted by molar-refractivity contribution is 0.0504. The monoisotopic (exact) mass is 180 g/mol. The molecule has 1 N–H and O–H groups in total. The molecule has 1 fully saturated rings. The predicted octanol–water partition coefficient (Wildman–Crippen LogP) is 1.07. The van der Waals surface area contributed by atoms with Gasteiger partial charge in [0.15, 0.2) is 0 Å². The zero-order valence-electron chi connectivity index (χ0n) is 8.16. The van der Waals surface area contributed by atoms with Crippen molar-refractivity contribution in [2.24, 2.45) is 7.05 Å². The number of ether oxygens (including phenoxy) is 1. The highest BCUT2D eigenvalue weighted by atomic mass is 16.5. The van der Waals surface area contributed by atoms with E-state index in [1.54, 1.807) is 0 Å². The van der Waals surface area contributed by atoms with Gasteiger partial charge in [-0.15, -0.1) is 0 Å². The van der Waals surface area contributed by atoms with Crippen LogP contribution in [0.15, 0.2) is 18.5 Å². The molecule has 1 aliphatic rings. The first kappa shape index (κ1) is 8.78. The second-order valence-corrected chi connectivity index (χ2v) is 3.77. The summed E-state index contributed by atoms with van der Waals surface area (Å²) in [6.45, 7) is 3.76. The Labute approximate surface area is 78.7 Å². The zero-order valence-corrected chi connectivity index (χ0v) is 8.16. The zero-order chi connectivity index (χ0) is 9.26. The highest BCUT2D eigenvalue weighted by Gasteiger charge is 2.19. The fourth-order valence-corrected chi connectivity index (χ4v) is 1.73. The quantitative estimate of drug-likeness (QED) is 0.699. The van der Waals surface area contributed by atoms with Gasteiger partial charge in [0.2, 0.25) is 0 Å². The average Bonchev–Trinajstić information content (AvgIpc) is 2.52. The van der Waals surface area contributed by atoms with E-state index in [1.165, 1.54) is 5.56 Å². The van der Waals surface area contributed by atoms with Gasteiger partial charge in [-0.1, -0.05) is 0 Å². The molecule has 1 saturated heterocycles. The Kier molecular flexibility index (Phi) is 2.38. The Morgan fingerprint density at radius 3 is 3.00 bits per heavy atom. The molecule has 0 aromatic carbocycles. The van der Waals surface area contributed by atoms with E-state index in [4.69, 9.17) is 4.74 Å². The van der Waals surface area contributed by atoms with Gasteiger partial charge >= 0.3 is 0 Å². The van der Waals surface area contributed by atoms with E-state index in [-0.39, 0.29) is 0 Å². The number of morpholine rings is 1. The van der Waals surface area contributed by atoms with Gasteiger partial charge in [0.25, 0.3) is 0 Å². The number of hydrogen-bond donors (Lipinski definition) is 1. The van der Waals surface area contributed by atoms with Crippen LogP contribution in [0.25, 0.3) is 0 Å². The first-order valence-corrected chi connectivity index (χ1v) is 4.71. The molecule has 2 heterocycles. The van der Waals surface area contributed by atoms with E-state index in [1.807, 2.05) is 7.05 Å². The van der Waals surface area contributed by atoms with Crippen LogP contribution in [-0.4, -0.2) is 23.8 Å². The van der Waals surface area contributed by atoms with Gasteiger partial charge in [-0.3, -0.25) is 0 Å². The van der Waals surface area contributed by atoms with Gasteiger partial charge in [-0.2, -0.15) is 0 Å². The SMILES string of the molecule is CC1COCC(c2ccn(C)c2)N1. The van der Waals surface area contributed by atoms with E-state index in [0.717, 1.165) is 13.2 Å². The molecule has 2 atom stereocenters. The summed E-state index contributed by atoms with van der Waals surface area (Å²) in [5.41, 5.74) is 1.31. The standard InChI is InChI=1S/C10H16N2O/c1-8-6-13-7-10(11-8)9-3-4-12(2)5-9/h3-5,8,10-11H,6-7H2,1-2H3. The Hall–Kier alpha value is -0.800. The lowest BCUT2D eigenvalue weighted by atomic mass is 10.1. The molecule has 0 aliphatic carbocycles. The minimum absolute atomic E-state index is 0.366. The molecular weight excluding hydrogens is 164 g/mol. The van der Waals surface area contributed by atoms with E-state index in [2.05, 4.69) is 35.3 Å². The van der Waals surface area contributed by atoms with Crippen molar-refractivity contribution in [3.05, 3.63) is 24.0 Å². The maximum absolute atomic E-state index is 5.49. The van der Waals surface area contributed by atoms with Crippen LogP contribution in [-0.2, 0) is 11.8 Å². The number of aryl methyl sites for hydroxylation is 1. The van der Waals surface area contributed by atoms with Crippen molar-refractivity contribution in [1.29, 1.82) is 0 Å². The maximum Gasteiger partial charge on any atom is 0.0662 e. The van der Waals surface area contributed by atoms with Crippen molar-refractivity contribution < 1.29 is 4.74 Å². The molecule has 2 rings (SSSR count). The van der Waals surface area contributed by atoms with Crippen LogP contribution in [0.1, 0.15) is 18.5 Å². The largest absolute Gasteiger partial charge is 0.378 e. The van der Waals surface area contributed by atoms with Crippen LogP contribution >= 0.6 is 0 Å². The normalized spacial score (nSPS) is 29.1. The molecule has 0 bridgehead atoms. The van der Waals surface area contributed by atoms with Crippen LogP contribution in [0.2, 0.25) is 0 Å². The lowest BCUT2D eigenvalue weighted by Gasteiger charge is -2.28. The summed E-state index contributed by atoms with van der Waals surface area (Å²) >= 11 is 0. The fourth-order valence-electron chi connectivity index (χ4n) is 1.73. The summed E-state index contributed by atoms with van der Waals surface area (Å²) in [6, 6.07) is 2.96. The van der Waals surface area contributed by atoms with Crippen molar-refractivity contribution >= 4 is 0 Å². The van der Waals surface area contributed by atoms with Gasteiger partial charge in [0, 0.05) is 25.5 Å². The Balaban J connectivity index is 2.08. The van der Waals surface area contributed by atoms with E-state index in [0.29, 0.717) is 12.1 Å². The van der Waals surface area contributed by atoms with Gasteiger partial charge < -0.3 is 14.6 Å². The first-order chi connectivity index (χ1) is 6.25. The van der Waals surface area contributed by atoms with E-state index in [9.17, 15) is 0 Å². The lowest BCUT2D eigenvalue weighted by Crippen LogP contribution is -2.41. The van der Waals surface area contributed by atoms with E-state index >= 15 is 0 Å². The number of nitrogens with one attached hydrogen (secondary N) is 1. The highest BCUT2D eigenvalue weighted by Crippen LogP contribution is 2.17. The van der Waals surface area contributed by atoms with Crippen LogP contribution in [0.4, 0.5) is 0 Å². The molecule has 3 nitrogen and oxygen atoms in total. The average molecular weight is 180 g/mol. The second-order valence-electron chi connectivity index (χ2n) is 3.77. The van der Waals surface area contributed by atoms with Crippen molar-refractivity contribution in [3.8, 4) is 0 Å². The Bertz CT molecular complexity index is 282. The minimum atomic E-state index is 0.366. The third kappa shape index (κ3) is 1.92. The molecule has 13 heavy (non-hydrogen) atoms. The maximum atomic E-state index is 5.49. The summed E-state index contributed by atoms with van der Waals surface area (Å²) in [5.74, 6) is 0. The molecular formula is C10H16N2O. The molecule has 0 spiro atoms. The summed E-state index contributed by atoms with van der Waals surface area (Å²) < 4.78 is 7.55. The van der Waals surface area contributed by atoms with Crippen LogP contribution in [0.3, 0.4) is 0 Å². The Morgan fingerprint density at radius 1 is 1.54 bits per heavy atom. The van der Waals surface area contributed by atoms with Crippen molar-refractivity contribution in [3.63, 3.8) is 0 Å². The highest BCUT2D eigenvalue weighted by molar-refractivity contribution is 5.16. The smallest absolute Gasteiger partial charge is 0.0662 e. The summed E-state index contributed by atoms with van der Waals surface area (Å²) in [4.78, 5) is 0. The molecule has 0 radical (unpaired) electrons. The summed E-state index contributed by atoms with van der Waals surface area (Å²) in [7, 11) is 2.04. The van der Waals surface area contributed by atoms with E-state index < -0.39 is 0 Å². The van der Waals surface area contributed by atoms with Crippen LogP contribution in [0.5, 0.6) is 0 Å². The van der Waals surface area contributed by atoms with Gasteiger partial charge in [0.1, 0.15) is 0 Å². The predicted molar refractivity (Wildman–Crippen MR) is 51.6 cm³/mol. The van der Waals surface area contributed by atoms with Crippen LogP contribution in [0, 0.1) is 0 Å². The number of hydrogen-bond acceptors (Lipinski definition) is 2. The molecule has 1 aromatic heterocycles. The molecule has 72 valence electrons. The first-order valence-electron chi connectivity index (χ1n) is 4.71. The molecule has 1 aliphatic heterocycles. The topological polar surface area (TPSA) is 26.2 Å². The second kappa shape index (κ2) is 3.52. The van der Waals surface area contributed by atoms with Crippen molar-refractivity contribution in [1.82, 2.24) is 9.88 Å². The number of nitrogens with zero attached hydrogens (tertiary/aromatic N) is 1. The van der Waals surface area contributed by atoms with Crippen molar-refractivity contribution in [2.75, 3.05) is 13.2 Å². The van der Waals surface area contributed by atoms with Crippen molar-refractivity contribution in [2.45, 2.75) is 19.0 Å². The third-order valence-corrected chi connectivity index (χ3v) is 2.40. The molecule has 0 saturated carbocycles. The molecule has 2 unspecified atom stereocenters. The molecule has 0 amide bonds. The Morgan fingerprint density at radius 2 is 2.38 bits per heavy atom. The summed E-state index contributed by atoms with van der Waals surface area (Å²) in [6.07, 6.45) is 4.20. The fraction of sp³-hybridized carbons (Fsp3) is 0.600. The van der Waals surface area contributed by atoms with Crippen LogP contribution < -0.4 is 5.32 Å². The van der Waals surface area contributed by atoms with Gasteiger partial charge in [-0.05, 0) is 18.6 Å².